The molecule has 0 bridgehead atoms. The van der Waals surface area contributed by atoms with E-state index in [1.54, 1.807) is 19.1 Å². The third-order valence-corrected chi connectivity index (χ3v) is 3.52. The first kappa shape index (κ1) is 15.3. The number of hydrogen-bond donors (Lipinski definition) is 1. The van der Waals surface area contributed by atoms with Gasteiger partial charge in [-0.25, -0.2) is 4.39 Å². The quantitative estimate of drug-likeness (QED) is 0.647. The minimum absolute atomic E-state index is 0.0297. The third kappa shape index (κ3) is 3.49. The summed E-state index contributed by atoms with van der Waals surface area (Å²) in [6.45, 7) is 3.56. The largest absolute Gasteiger partial charge is 0.378 e. The lowest BCUT2D eigenvalue weighted by Gasteiger charge is -2.16. The van der Waals surface area contributed by atoms with E-state index in [1.807, 2.05) is 13.0 Å². The van der Waals surface area contributed by atoms with E-state index < -0.39 is 10.7 Å². The summed E-state index contributed by atoms with van der Waals surface area (Å²) in [7, 11) is 0. The maximum absolute atomic E-state index is 13.1. The van der Waals surface area contributed by atoms with E-state index in [4.69, 9.17) is 11.6 Å². The lowest BCUT2D eigenvalue weighted by molar-refractivity contribution is -0.385. The molecule has 2 aromatic rings. The normalized spacial score (nSPS) is 12.0. The van der Waals surface area contributed by atoms with Crippen LogP contribution in [-0.2, 0) is 0 Å². The Balaban J connectivity index is 2.23. The fraction of sp³-hybridized carbons (Fsp3) is 0.200. The molecule has 2 rings (SSSR count). The first-order chi connectivity index (χ1) is 9.88. The van der Waals surface area contributed by atoms with Gasteiger partial charge in [-0.3, -0.25) is 10.1 Å². The lowest BCUT2D eigenvalue weighted by Crippen LogP contribution is -2.07. The van der Waals surface area contributed by atoms with E-state index in [2.05, 4.69) is 5.32 Å². The van der Waals surface area contributed by atoms with Crippen LogP contribution in [-0.4, -0.2) is 4.92 Å². The van der Waals surface area contributed by atoms with Gasteiger partial charge in [0, 0.05) is 23.4 Å². The number of nitrogens with zero attached hydrogens (tertiary/aromatic N) is 1. The van der Waals surface area contributed by atoms with Gasteiger partial charge in [0.15, 0.2) is 0 Å². The Morgan fingerprint density at radius 3 is 2.62 bits per heavy atom. The summed E-state index contributed by atoms with van der Waals surface area (Å²) in [6, 6.07) is 9.23. The number of nitro groups is 1. The van der Waals surface area contributed by atoms with Gasteiger partial charge >= 0.3 is 0 Å². The second-order valence-corrected chi connectivity index (χ2v) is 5.21. The van der Waals surface area contributed by atoms with Gasteiger partial charge in [0.05, 0.1) is 9.95 Å². The third-order valence-electron chi connectivity index (χ3n) is 3.23. The number of nitro benzene ring substituents is 1. The fourth-order valence-corrected chi connectivity index (χ4v) is 2.19. The molecule has 21 heavy (non-hydrogen) atoms. The summed E-state index contributed by atoms with van der Waals surface area (Å²) in [5.74, 6) is -0.485. The summed E-state index contributed by atoms with van der Waals surface area (Å²) in [5, 5.41) is 14.1. The van der Waals surface area contributed by atoms with Crippen molar-refractivity contribution in [3.8, 4) is 0 Å². The highest BCUT2D eigenvalue weighted by atomic mass is 35.5. The molecule has 6 heteroatoms. The van der Waals surface area contributed by atoms with Crippen LogP contribution in [0.4, 0.5) is 15.8 Å². The number of hydrogen-bond acceptors (Lipinski definition) is 3. The summed E-state index contributed by atoms with van der Waals surface area (Å²) in [6.07, 6.45) is 0. The van der Waals surface area contributed by atoms with Crippen molar-refractivity contribution in [1.29, 1.82) is 0 Å². The molecule has 0 aliphatic rings. The number of halogens is 2. The molecule has 0 heterocycles. The molecule has 4 nitrogen and oxygen atoms in total. The van der Waals surface area contributed by atoms with Gasteiger partial charge in [-0.05, 0) is 37.6 Å². The van der Waals surface area contributed by atoms with Crippen molar-refractivity contribution in [2.45, 2.75) is 19.9 Å². The standard InChI is InChI=1S/C15H14ClFN2O2/c1-9-3-4-11(7-15(9)19(20)21)10(2)18-12-5-6-14(17)13(16)8-12/h3-8,10,18H,1-2H3. The second kappa shape index (κ2) is 6.10. The van der Waals surface area contributed by atoms with Gasteiger partial charge < -0.3 is 5.32 Å². The van der Waals surface area contributed by atoms with Crippen molar-refractivity contribution in [3.05, 3.63) is 68.5 Å². The summed E-state index contributed by atoms with van der Waals surface area (Å²) in [5.41, 5.74) is 2.11. The van der Waals surface area contributed by atoms with Crippen LogP contribution >= 0.6 is 11.6 Å². The van der Waals surface area contributed by atoms with Gasteiger partial charge in [0.1, 0.15) is 5.82 Å². The molecular formula is C15H14ClFN2O2. The van der Waals surface area contributed by atoms with Crippen LogP contribution in [0, 0.1) is 22.9 Å². The van der Waals surface area contributed by atoms with Gasteiger partial charge in [0.2, 0.25) is 0 Å². The van der Waals surface area contributed by atoms with Crippen molar-refractivity contribution < 1.29 is 9.31 Å². The average Bonchev–Trinajstić information content (AvgIpc) is 2.43. The Hall–Kier alpha value is -2.14. The Morgan fingerprint density at radius 1 is 1.29 bits per heavy atom. The molecule has 0 spiro atoms. The van der Waals surface area contributed by atoms with E-state index in [-0.39, 0.29) is 16.8 Å². The molecule has 1 unspecified atom stereocenters. The monoisotopic (exact) mass is 308 g/mol. The maximum atomic E-state index is 13.1. The van der Waals surface area contributed by atoms with E-state index in [0.717, 1.165) is 5.56 Å². The van der Waals surface area contributed by atoms with E-state index in [9.17, 15) is 14.5 Å². The highest BCUT2D eigenvalue weighted by Gasteiger charge is 2.14. The van der Waals surface area contributed by atoms with Gasteiger partial charge in [-0.15, -0.1) is 0 Å². The van der Waals surface area contributed by atoms with Gasteiger partial charge in [-0.1, -0.05) is 23.7 Å². The number of anilines is 1. The van der Waals surface area contributed by atoms with Crippen molar-refractivity contribution in [3.63, 3.8) is 0 Å². The number of nitrogens with one attached hydrogen (secondary N) is 1. The van der Waals surface area contributed by atoms with Crippen LogP contribution in [0.25, 0.3) is 0 Å². The molecule has 1 N–H and O–H groups in total. The molecule has 0 aliphatic heterocycles. The molecule has 110 valence electrons. The van der Waals surface area contributed by atoms with E-state index in [1.165, 1.54) is 18.2 Å². The molecule has 2 aromatic carbocycles. The number of rotatable bonds is 4. The SMILES string of the molecule is Cc1ccc(C(C)Nc2ccc(F)c(Cl)c2)cc1[N+](=O)[O-]. The van der Waals surface area contributed by atoms with Crippen molar-refractivity contribution in [1.82, 2.24) is 0 Å². The fourth-order valence-electron chi connectivity index (χ4n) is 2.01. The predicted octanol–water partition coefficient (Wildman–Crippen LogP) is 4.87. The van der Waals surface area contributed by atoms with Crippen LogP contribution in [0.2, 0.25) is 5.02 Å². The molecule has 0 saturated heterocycles. The number of benzene rings is 2. The molecule has 0 aliphatic carbocycles. The first-order valence-corrected chi connectivity index (χ1v) is 6.73. The van der Waals surface area contributed by atoms with Gasteiger partial charge in [0.25, 0.3) is 5.69 Å². The zero-order valence-corrected chi connectivity index (χ0v) is 12.3. The average molecular weight is 309 g/mol. The van der Waals surface area contributed by atoms with Crippen LogP contribution < -0.4 is 5.32 Å². The molecule has 1 atom stereocenters. The zero-order valence-electron chi connectivity index (χ0n) is 11.6. The van der Waals surface area contributed by atoms with E-state index >= 15 is 0 Å². The van der Waals surface area contributed by atoms with Crippen LogP contribution in [0.5, 0.6) is 0 Å². The predicted molar refractivity (Wildman–Crippen MR) is 81.3 cm³/mol. The first-order valence-electron chi connectivity index (χ1n) is 6.35. The Bertz CT molecular complexity index is 691. The molecule has 0 amide bonds. The minimum atomic E-state index is -0.485. The van der Waals surface area contributed by atoms with Crippen molar-refractivity contribution >= 4 is 23.0 Å². The molecule has 0 aromatic heterocycles. The smallest absolute Gasteiger partial charge is 0.272 e. The highest BCUT2D eigenvalue weighted by Crippen LogP contribution is 2.27. The highest BCUT2D eigenvalue weighted by molar-refractivity contribution is 6.31. The van der Waals surface area contributed by atoms with Crippen molar-refractivity contribution in [2.75, 3.05) is 5.32 Å². The Labute approximate surface area is 126 Å². The van der Waals surface area contributed by atoms with Crippen LogP contribution in [0.15, 0.2) is 36.4 Å². The Kier molecular flexibility index (Phi) is 4.43. The lowest BCUT2D eigenvalue weighted by atomic mass is 10.0. The summed E-state index contributed by atoms with van der Waals surface area (Å²) in [4.78, 5) is 10.6. The van der Waals surface area contributed by atoms with Crippen molar-refractivity contribution in [2.24, 2.45) is 0 Å². The summed E-state index contributed by atoms with van der Waals surface area (Å²) < 4.78 is 13.1. The molecular weight excluding hydrogens is 295 g/mol. The van der Waals surface area contributed by atoms with Gasteiger partial charge in [-0.2, -0.15) is 0 Å². The zero-order chi connectivity index (χ0) is 15.6. The molecule has 0 radical (unpaired) electrons. The molecule has 0 fully saturated rings. The van der Waals surface area contributed by atoms with E-state index in [0.29, 0.717) is 11.3 Å². The number of aryl methyl sites for hydroxylation is 1. The van der Waals surface area contributed by atoms with Crippen LogP contribution in [0.1, 0.15) is 24.1 Å². The van der Waals surface area contributed by atoms with Crippen LogP contribution in [0.3, 0.4) is 0 Å². The molecule has 0 saturated carbocycles. The summed E-state index contributed by atoms with van der Waals surface area (Å²) >= 11 is 5.73. The minimum Gasteiger partial charge on any atom is -0.378 e. The maximum Gasteiger partial charge on any atom is 0.272 e. The second-order valence-electron chi connectivity index (χ2n) is 4.80. The topological polar surface area (TPSA) is 55.2 Å². The Morgan fingerprint density at radius 2 is 2.00 bits per heavy atom.